The summed E-state index contributed by atoms with van der Waals surface area (Å²) in [6.45, 7) is 5.93. The summed E-state index contributed by atoms with van der Waals surface area (Å²) < 4.78 is 8.04. The smallest absolute Gasteiger partial charge is 0.147 e. The van der Waals surface area contributed by atoms with E-state index in [1.54, 1.807) is 0 Å². The van der Waals surface area contributed by atoms with Crippen molar-refractivity contribution in [2.75, 3.05) is 27.2 Å². The molecule has 0 saturated heterocycles. The number of fused-ring (bicyclic) bond motifs is 1. The zero-order valence-electron chi connectivity index (χ0n) is 13.3. The Balaban J connectivity index is 2.48. The highest BCUT2D eigenvalue weighted by molar-refractivity contribution is 6.16. The summed E-state index contributed by atoms with van der Waals surface area (Å²) in [7, 11) is 4.15. The van der Waals surface area contributed by atoms with Crippen molar-refractivity contribution in [1.82, 2.24) is 14.5 Å². The number of imidazole rings is 1. The quantitative estimate of drug-likeness (QED) is 0.731. The Bertz CT molecular complexity index is 594. The van der Waals surface area contributed by atoms with E-state index in [0.717, 1.165) is 35.6 Å². The van der Waals surface area contributed by atoms with E-state index < -0.39 is 0 Å². The lowest BCUT2D eigenvalue weighted by Gasteiger charge is -2.21. The maximum Gasteiger partial charge on any atom is 0.147 e. The molecule has 2 aromatic rings. The van der Waals surface area contributed by atoms with Crippen LogP contribution in [0.25, 0.3) is 11.0 Å². The van der Waals surface area contributed by atoms with E-state index in [9.17, 15) is 0 Å². The lowest BCUT2D eigenvalue weighted by molar-refractivity contribution is 0.320. The van der Waals surface area contributed by atoms with Crippen LogP contribution in [-0.4, -0.2) is 41.7 Å². The Labute approximate surface area is 131 Å². The molecule has 1 aromatic heterocycles. The Hall–Kier alpha value is -1.26. The molecule has 1 unspecified atom stereocenters. The minimum atomic E-state index is 0.306. The fourth-order valence-corrected chi connectivity index (χ4v) is 2.85. The molecule has 0 saturated carbocycles. The molecule has 0 aliphatic rings. The van der Waals surface area contributed by atoms with Crippen LogP contribution < -0.4 is 4.74 Å². The van der Waals surface area contributed by atoms with Gasteiger partial charge in [0.05, 0.1) is 18.0 Å². The van der Waals surface area contributed by atoms with E-state index >= 15 is 0 Å². The van der Waals surface area contributed by atoms with Gasteiger partial charge in [0.15, 0.2) is 0 Å². The van der Waals surface area contributed by atoms with Crippen molar-refractivity contribution in [2.45, 2.75) is 32.2 Å². The minimum Gasteiger partial charge on any atom is -0.491 e. The third-order valence-corrected chi connectivity index (χ3v) is 3.65. The van der Waals surface area contributed by atoms with Crippen LogP contribution in [-0.2, 0) is 5.88 Å². The van der Waals surface area contributed by atoms with Gasteiger partial charge >= 0.3 is 0 Å². The summed E-state index contributed by atoms with van der Waals surface area (Å²) in [4.78, 5) is 6.87. The zero-order valence-corrected chi connectivity index (χ0v) is 14.0. The van der Waals surface area contributed by atoms with Gasteiger partial charge in [-0.15, -0.1) is 11.6 Å². The second-order valence-electron chi connectivity index (χ2n) is 5.62. The number of ether oxygens (including phenoxy) is 1. The fourth-order valence-electron chi connectivity index (χ4n) is 2.66. The largest absolute Gasteiger partial charge is 0.491 e. The number of hydrogen-bond acceptors (Lipinski definition) is 3. The van der Waals surface area contributed by atoms with Gasteiger partial charge in [-0.05, 0) is 39.6 Å². The van der Waals surface area contributed by atoms with Gasteiger partial charge in [-0.25, -0.2) is 4.98 Å². The lowest BCUT2D eigenvalue weighted by Crippen LogP contribution is -2.23. The molecule has 5 heteroatoms. The lowest BCUT2D eigenvalue weighted by atomic mass is 10.2. The number of likely N-dealkylation sites (N-methyl/N-ethyl adjacent to an activating group) is 1. The van der Waals surface area contributed by atoms with Crippen molar-refractivity contribution in [3.63, 3.8) is 0 Å². The number of alkyl halides is 1. The van der Waals surface area contributed by atoms with E-state index in [4.69, 9.17) is 21.3 Å². The van der Waals surface area contributed by atoms with Crippen molar-refractivity contribution >= 4 is 22.6 Å². The Morgan fingerprint density at radius 1 is 1.38 bits per heavy atom. The summed E-state index contributed by atoms with van der Waals surface area (Å²) in [6.07, 6.45) is 0.983. The van der Waals surface area contributed by atoms with Gasteiger partial charge in [-0.1, -0.05) is 13.0 Å². The Morgan fingerprint density at radius 2 is 2.14 bits per heavy atom. The third kappa shape index (κ3) is 3.50. The van der Waals surface area contributed by atoms with Crippen LogP contribution in [0.5, 0.6) is 5.75 Å². The van der Waals surface area contributed by atoms with Crippen molar-refractivity contribution in [3.8, 4) is 5.75 Å². The van der Waals surface area contributed by atoms with Crippen molar-refractivity contribution in [1.29, 1.82) is 0 Å². The maximum absolute atomic E-state index is 6.10. The van der Waals surface area contributed by atoms with E-state index in [-0.39, 0.29) is 0 Å². The maximum atomic E-state index is 6.10. The number of nitrogens with zero attached hydrogens (tertiary/aromatic N) is 3. The molecule has 0 spiro atoms. The molecule has 0 aliphatic carbocycles. The highest BCUT2D eigenvalue weighted by Crippen LogP contribution is 2.29. The zero-order chi connectivity index (χ0) is 15.4. The SMILES string of the molecule is CCCOc1cccc2c1nc(CCl)n2C(C)CN(C)C. The number of benzene rings is 1. The van der Waals surface area contributed by atoms with Crippen LogP contribution in [0.2, 0.25) is 0 Å². The molecule has 0 bridgehead atoms. The first-order valence-electron chi connectivity index (χ1n) is 7.41. The molecule has 21 heavy (non-hydrogen) atoms. The second-order valence-corrected chi connectivity index (χ2v) is 5.88. The topological polar surface area (TPSA) is 30.3 Å². The van der Waals surface area contributed by atoms with Crippen molar-refractivity contribution in [3.05, 3.63) is 24.0 Å². The molecule has 0 radical (unpaired) electrons. The molecule has 2 rings (SSSR count). The highest BCUT2D eigenvalue weighted by Gasteiger charge is 2.18. The summed E-state index contributed by atoms with van der Waals surface area (Å²) in [5, 5.41) is 0. The first-order chi connectivity index (χ1) is 10.1. The highest BCUT2D eigenvalue weighted by atomic mass is 35.5. The number of hydrogen-bond donors (Lipinski definition) is 0. The summed E-state index contributed by atoms with van der Waals surface area (Å²) in [5.74, 6) is 2.14. The third-order valence-electron chi connectivity index (χ3n) is 3.41. The standard InChI is InChI=1S/C16H24ClN3O/c1-5-9-21-14-8-6-7-13-16(14)18-15(10-17)20(13)12(2)11-19(3)4/h6-8,12H,5,9-11H2,1-4H3. The molecule has 0 amide bonds. The molecule has 4 nitrogen and oxygen atoms in total. The first-order valence-corrected chi connectivity index (χ1v) is 7.95. The normalized spacial score (nSPS) is 13.0. The van der Waals surface area contributed by atoms with Crippen LogP contribution in [0.15, 0.2) is 18.2 Å². The predicted molar refractivity (Wildman–Crippen MR) is 88.3 cm³/mol. The van der Waals surface area contributed by atoms with Crippen LogP contribution in [0.4, 0.5) is 0 Å². The van der Waals surface area contributed by atoms with Crippen molar-refractivity contribution in [2.24, 2.45) is 0 Å². The molecule has 0 fully saturated rings. The minimum absolute atomic E-state index is 0.306. The van der Waals surface area contributed by atoms with Gasteiger partial charge in [0.25, 0.3) is 0 Å². The molecule has 1 aromatic carbocycles. The average molecular weight is 310 g/mol. The Kier molecular flexibility index (Phi) is 5.48. The average Bonchev–Trinajstić information content (AvgIpc) is 2.83. The monoisotopic (exact) mass is 309 g/mol. The predicted octanol–water partition coefficient (Wildman–Crippen LogP) is 3.69. The van der Waals surface area contributed by atoms with Crippen LogP contribution in [0.1, 0.15) is 32.1 Å². The Morgan fingerprint density at radius 3 is 2.76 bits per heavy atom. The molecule has 116 valence electrons. The van der Waals surface area contributed by atoms with Crippen LogP contribution in [0.3, 0.4) is 0 Å². The van der Waals surface area contributed by atoms with Gasteiger partial charge in [-0.3, -0.25) is 0 Å². The number of rotatable bonds is 7. The number of para-hydroxylation sites is 1. The van der Waals surface area contributed by atoms with Crippen molar-refractivity contribution < 1.29 is 4.74 Å². The van der Waals surface area contributed by atoms with E-state index in [1.807, 2.05) is 12.1 Å². The van der Waals surface area contributed by atoms with E-state index in [1.165, 1.54) is 0 Å². The van der Waals surface area contributed by atoms with Gasteiger partial charge in [0.2, 0.25) is 0 Å². The summed E-state index contributed by atoms with van der Waals surface area (Å²) in [6, 6.07) is 6.39. The van der Waals surface area contributed by atoms with Gasteiger partial charge in [-0.2, -0.15) is 0 Å². The second kappa shape index (κ2) is 7.14. The van der Waals surface area contributed by atoms with E-state index in [2.05, 4.69) is 43.5 Å². The fraction of sp³-hybridized carbons (Fsp3) is 0.562. The summed E-state index contributed by atoms with van der Waals surface area (Å²) in [5.41, 5.74) is 2.00. The molecular formula is C16H24ClN3O. The molecule has 1 heterocycles. The molecule has 0 aliphatic heterocycles. The van der Waals surface area contributed by atoms with Gasteiger partial charge < -0.3 is 14.2 Å². The van der Waals surface area contributed by atoms with Crippen LogP contribution in [0, 0.1) is 0 Å². The van der Waals surface area contributed by atoms with Crippen LogP contribution >= 0.6 is 11.6 Å². The van der Waals surface area contributed by atoms with Gasteiger partial charge in [0.1, 0.15) is 17.1 Å². The number of aromatic nitrogens is 2. The molecular weight excluding hydrogens is 286 g/mol. The number of halogens is 1. The summed E-state index contributed by atoms with van der Waals surface area (Å²) >= 11 is 6.10. The molecule has 0 N–H and O–H groups in total. The molecule has 1 atom stereocenters. The van der Waals surface area contributed by atoms with E-state index in [0.29, 0.717) is 18.5 Å². The first kappa shape index (κ1) is 16.1. The van der Waals surface area contributed by atoms with Gasteiger partial charge in [0, 0.05) is 12.6 Å².